The summed E-state index contributed by atoms with van der Waals surface area (Å²) in [5.41, 5.74) is 1.84. The number of hydrogen-bond donors (Lipinski definition) is 0. The molecule has 0 fully saturated rings. The lowest BCUT2D eigenvalue weighted by atomic mass is 9.86. The fourth-order valence-electron chi connectivity index (χ4n) is 15.1. The van der Waals surface area contributed by atoms with Crippen LogP contribution in [0.2, 0.25) is 0 Å². The van der Waals surface area contributed by atoms with E-state index < -0.39 is 140 Å². The fourth-order valence-corrected chi connectivity index (χ4v) is 15.1. The zero-order valence-electron chi connectivity index (χ0n) is 61.0. The van der Waals surface area contributed by atoms with Gasteiger partial charge in [0, 0.05) is 80.8 Å². The van der Waals surface area contributed by atoms with E-state index in [4.69, 9.17) is 0 Å². The smallest absolute Gasteiger partial charge is 0.153 e. The van der Waals surface area contributed by atoms with Gasteiger partial charge in [-0.3, -0.25) is 0 Å². The predicted octanol–water partition coefficient (Wildman–Crippen LogP) is 29.1. The minimum Gasteiger partial charge on any atom is -0.304 e. The van der Waals surface area contributed by atoms with Crippen molar-refractivity contribution in [1.29, 1.82) is 0 Å². The van der Waals surface area contributed by atoms with Gasteiger partial charge >= 0.3 is 0 Å². The van der Waals surface area contributed by atoms with E-state index in [9.17, 15) is 0 Å². The third-order valence-corrected chi connectivity index (χ3v) is 19.9. The summed E-state index contributed by atoms with van der Waals surface area (Å²) in [4.78, 5) is 5.36. The highest BCUT2D eigenvalue weighted by Crippen LogP contribution is 2.60. The summed E-state index contributed by atoms with van der Waals surface area (Å²) >= 11 is 0. The first-order valence-corrected chi connectivity index (χ1v) is 35.3. The lowest BCUT2D eigenvalue weighted by molar-refractivity contribution is 0.544. The van der Waals surface area contributed by atoms with Crippen LogP contribution in [0.3, 0.4) is 0 Å². The molecular formula is C88H82F12N4. The Bertz CT molecular complexity index is 4480. The van der Waals surface area contributed by atoms with Crippen LogP contribution in [0.1, 0.15) is 203 Å². The van der Waals surface area contributed by atoms with Crippen molar-refractivity contribution in [2.24, 2.45) is 0 Å². The largest absolute Gasteiger partial charge is 0.304 e. The van der Waals surface area contributed by atoms with Crippen molar-refractivity contribution in [3.63, 3.8) is 0 Å². The molecule has 0 amide bonds. The number of para-hydroxylation sites is 4. The fraction of sp³-hybridized carbons (Fsp3) is 0.273. The molecule has 12 rings (SSSR count). The standard InChI is InChI=1S/C88H82F12N4/c1-43(2)55-21-17-22-56(44(3)4)81(55)101(85-67(93)33-51(89)34-68(85)94)75-41-76(102(86-69(95)35-52(90)36-70(86)96)82-57(45(5)6)23-18-24-58(82)46(7)8)64-31-32-66-78(104(88-73(99)39-54(92)40-74(88)100)84-61(49(13)14)27-20-28-62(84)50(15)16)42-77(65-30-29-63(75)79(64)80(65)66)103(87-71(97)37-53(91)38-72(87)98)83-59(47(9)10)25-19-26-60(83)48(11)12/h17-50H,1-16H3. The molecule has 0 aliphatic heterocycles. The average Bonchev–Trinajstić information content (AvgIpc) is 0.692. The number of anilines is 12. The average molecular weight is 1420 g/mol. The number of benzene rings is 12. The van der Waals surface area contributed by atoms with Gasteiger partial charge in [0.15, 0.2) is 46.5 Å². The molecular weight excluding hydrogens is 1340 g/mol. The van der Waals surface area contributed by atoms with E-state index in [0.717, 1.165) is 0 Å². The van der Waals surface area contributed by atoms with E-state index >= 15 is 52.7 Å². The number of rotatable bonds is 20. The van der Waals surface area contributed by atoms with Crippen LogP contribution in [0.25, 0.3) is 32.3 Å². The monoisotopic (exact) mass is 1420 g/mol. The third kappa shape index (κ3) is 12.8. The highest BCUT2D eigenvalue weighted by Gasteiger charge is 2.39. The Morgan fingerprint density at radius 2 is 0.337 bits per heavy atom. The van der Waals surface area contributed by atoms with E-state index in [1.165, 1.54) is 31.7 Å². The van der Waals surface area contributed by atoms with Gasteiger partial charge in [0.2, 0.25) is 0 Å². The highest BCUT2D eigenvalue weighted by molar-refractivity contribution is 6.33. The summed E-state index contributed by atoms with van der Waals surface area (Å²) in [6.45, 7) is 30.2. The molecule has 0 aliphatic rings. The Kier molecular flexibility index (Phi) is 20.3. The van der Waals surface area contributed by atoms with Crippen molar-refractivity contribution in [1.82, 2.24) is 0 Å². The van der Waals surface area contributed by atoms with E-state index in [-0.39, 0.29) is 77.8 Å². The first-order chi connectivity index (χ1) is 49.2. The van der Waals surface area contributed by atoms with Gasteiger partial charge in [0.1, 0.15) is 46.0 Å². The third-order valence-electron chi connectivity index (χ3n) is 19.9. The maximum Gasteiger partial charge on any atom is 0.153 e. The molecule has 0 saturated carbocycles. The first-order valence-electron chi connectivity index (χ1n) is 35.3. The Morgan fingerprint density at radius 1 is 0.192 bits per heavy atom. The Balaban J connectivity index is 1.47. The summed E-state index contributed by atoms with van der Waals surface area (Å²) in [5, 5.41) is 0.759. The lowest BCUT2D eigenvalue weighted by Crippen LogP contribution is -2.22. The zero-order valence-corrected chi connectivity index (χ0v) is 61.0. The molecule has 4 nitrogen and oxygen atoms in total. The second-order valence-electron chi connectivity index (χ2n) is 29.5. The van der Waals surface area contributed by atoms with E-state index in [1.54, 1.807) is 72.8 Å². The minimum atomic E-state index is -1.36. The second kappa shape index (κ2) is 28.6. The summed E-state index contributed by atoms with van der Waals surface area (Å²) in [6, 6.07) is 35.5. The number of halogens is 12. The van der Waals surface area contributed by atoms with E-state index in [1.807, 2.05) is 135 Å². The highest BCUT2D eigenvalue weighted by atomic mass is 19.2. The van der Waals surface area contributed by atoms with Crippen molar-refractivity contribution in [2.75, 3.05) is 19.6 Å². The van der Waals surface area contributed by atoms with Gasteiger partial charge in [-0.15, -0.1) is 0 Å². The van der Waals surface area contributed by atoms with Gasteiger partial charge in [-0.05, 0) is 104 Å². The molecule has 0 aromatic heterocycles. The van der Waals surface area contributed by atoms with Gasteiger partial charge in [-0.2, -0.15) is 0 Å². The molecule has 0 unspecified atom stereocenters. The first kappa shape index (κ1) is 73.8. The topological polar surface area (TPSA) is 13.0 Å². The van der Waals surface area contributed by atoms with E-state index in [2.05, 4.69) is 0 Å². The predicted molar refractivity (Wildman–Crippen MR) is 401 cm³/mol. The Hall–Kier alpha value is -9.96. The summed E-state index contributed by atoms with van der Waals surface area (Å²) in [7, 11) is 0. The summed E-state index contributed by atoms with van der Waals surface area (Å²) in [6.07, 6.45) is 0. The van der Waals surface area contributed by atoms with Crippen LogP contribution in [0.5, 0.6) is 0 Å². The molecule has 0 N–H and O–H groups in total. The van der Waals surface area contributed by atoms with Crippen LogP contribution < -0.4 is 19.6 Å². The van der Waals surface area contributed by atoms with Crippen molar-refractivity contribution < 1.29 is 52.7 Å². The number of hydrogen-bond acceptors (Lipinski definition) is 4. The molecule has 12 aromatic rings. The van der Waals surface area contributed by atoms with Gasteiger partial charge in [-0.1, -0.05) is 208 Å². The molecule has 0 radical (unpaired) electrons. The van der Waals surface area contributed by atoms with Crippen LogP contribution in [0.4, 0.5) is 121 Å². The Labute approximate surface area is 600 Å². The van der Waals surface area contributed by atoms with Crippen molar-refractivity contribution in [3.05, 3.63) is 272 Å². The molecule has 104 heavy (non-hydrogen) atoms. The Morgan fingerprint density at radius 3 is 0.471 bits per heavy atom. The van der Waals surface area contributed by atoms with Crippen LogP contribution in [-0.2, 0) is 0 Å². The number of nitrogens with zero attached hydrogens (tertiary/aromatic N) is 4. The van der Waals surface area contributed by atoms with Crippen molar-refractivity contribution in [2.45, 2.75) is 158 Å². The van der Waals surface area contributed by atoms with Crippen LogP contribution in [0.15, 0.2) is 158 Å². The second-order valence-corrected chi connectivity index (χ2v) is 29.5. The molecule has 0 heterocycles. The molecule has 16 heteroatoms. The van der Waals surface area contributed by atoms with Gasteiger partial charge in [0.05, 0.1) is 45.5 Å². The van der Waals surface area contributed by atoms with Crippen LogP contribution in [-0.4, -0.2) is 0 Å². The maximum atomic E-state index is 18.0. The van der Waals surface area contributed by atoms with E-state index in [0.29, 0.717) is 93.0 Å². The minimum absolute atomic E-state index is 0.0891. The van der Waals surface area contributed by atoms with Crippen LogP contribution in [0, 0.1) is 69.8 Å². The molecule has 12 aromatic carbocycles. The molecule has 0 aliphatic carbocycles. The molecule has 0 bridgehead atoms. The SMILES string of the molecule is CC(C)c1cccc(C(C)C)c1N(c1c(F)cc(F)cc1F)c1cc(N(c2c(F)cc(F)cc2F)c2c(C(C)C)cccc2C(C)C)c2ccc3c(N(c4c(F)cc(F)cc4F)c4c(C(C)C)cccc4C(C)C)cc(N(c4c(F)cc(F)cc4F)c4c(C(C)C)cccc4C(C)C)c4ccc1c2c43. The lowest BCUT2D eigenvalue weighted by Gasteiger charge is -2.38. The van der Waals surface area contributed by atoms with Gasteiger partial charge < -0.3 is 19.6 Å². The molecule has 538 valence electrons. The van der Waals surface area contributed by atoms with Crippen molar-refractivity contribution >= 4 is 101 Å². The van der Waals surface area contributed by atoms with Crippen molar-refractivity contribution in [3.8, 4) is 0 Å². The molecule has 0 saturated heterocycles. The van der Waals surface area contributed by atoms with Gasteiger partial charge in [-0.25, -0.2) is 52.7 Å². The van der Waals surface area contributed by atoms with Gasteiger partial charge in [0.25, 0.3) is 0 Å². The zero-order chi connectivity index (χ0) is 75.3. The molecule has 0 atom stereocenters. The molecule has 0 spiro atoms. The normalized spacial score (nSPS) is 12.2. The summed E-state index contributed by atoms with van der Waals surface area (Å²) < 4.78 is 208. The van der Waals surface area contributed by atoms with Crippen LogP contribution >= 0.6 is 0 Å². The quantitative estimate of drug-likeness (QED) is 0.0557. The summed E-state index contributed by atoms with van der Waals surface area (Å²) in [5.74, 6) is -19.2. The maximum absolute atomic E-state index is 18.0.